The number of para-hydroxylation sites is 1. The van der Waals surface area contributed by atoms with Crippen LogP contribution in [0, 0.1) is 5.41 Å². The molecule has 0 saturated carbocycles. The van der Waals surface area contributed by atoms with Crippen LogP contribution in [0.3, 0.4) is 0 Å². The maximum Gasteiger partial charge on any atom is 0.319 e. The Morgan fingerprint density at radius 1 is 1.37 bits per heavy atom. The first kappa shape index (κ1) is 15.3. The Morgan fingerprint density at radius 3 is 2.53 bits per heavy atom. The Balaban J connectivity index is 2.58. The summed E-state index contributed by atoms with van der Waals surface area (Å²) in [6, 6.07) is 6.34. The molecule has 3 N–H and O–H groups in total. The van der Waals surface area contributed by atoms with Gasteiger partial charge in [0.15, 0.2) is 0 Å². The molecular weight excluding hydrogens is 268 g/mol. The molecule has 0 heterocycles. The van der Waals surface area contributed by atoms with Gasteiger partial charge in [0, 0.05) is 6.54 Å². The van der Waals surface area contributed by atoms with Gasteiger partial charge < -0.3 is 15.7 Å². The van der Waals surface area contributed by atoms with Crippen LogP contribution in [0.4, 0.5) is 10.5 Å². The third kappa shape index (κ3) is 4.13. The number of carboxylic acids is 1. The maximum atomic E-state index is 11.7. The highest BCUT2D eigenvalue weighted by Crippen LogP contribution is 2.21. The van der Waals surface area contributed by atoms with Gasteiger partial charge in [-0.2, -0.15) is 0 Å². The summed E-state index contributed by atoms with van der Waals surface area (Å²) in [4.78, 5) is 22.8. The van der Waals surface area contributed by atoms with E-state index in [2.05, 4.69) is 10.6 Å². The number of carbonyl (C=O) groups is 2. The summed E-state index contributed by atoms with van der Waals surface area (Å²) in [5.41, 5.74) is -0.493. The quantitative estimate of drug-likeness (QED) is 0.778. The van der Waals surface area contributed by atoms with Gasteiger partial charge in [0.2, 0.25) is 0 Å². The topological polar surface area (TPSA) is 78.4 Å². The fourth-order valence-corrected chi connectivity index (χ4v) is 1.54. The molecule has 0 fully saturated rings. The van der Waals surface area contributed by atoms with Crippen molar-refractivity contribution in [1.29, 1.82) is 0 Å². The van der Waals surface area contributed by atoms with Gasteiger partial charge in [-0.3, -0.25) is 4.79 Å². The molecule has 2 amide bonds. The summed E-state index contributed by atoms with van der Waals surface area (Å²) in [7, 11) is 0. The van der Waals surface area contributed by atoms with Crippen LogP contribution in [0.15, 0.2) is 24.3 Å². The number of benzene rings is 1. The van der Waals surface area contributed by atoms with E-state index in [1.54, 1.807) is 38.1 Å². The van der Waals surface area contributed by atoms with Crippen molar-refractivity contribution in [3.63, 3.8) is 0 Å². The van der Waals surface area contributed by atoms with Gasteiger partial charge in [-0.05, 0) is 25.5 Å². The molecule has 0 aromatic heterocycles. The molecule has 0 saturated heterocycles. The van der Waals surface area contributed by atoms with Crippen molar-refractivity contribution < 1.29 is 14.7 Å². The summed E-state index contributed by atoms with van der Waals surface area (Å²) in [5, 5.41) is 14.6. The number of urea groups is 1. The average molecular weight is 285 g/mol. The Kier molecular flexibility index (Phi) is 5.18. The fourth-order valence-electron chi connectivity index (χ4n) is 1.36. The van der Waals surface area contributed by atoms with E-state index in [1.807, 2.05) is 0 Å². The van der Waals surface area contributed by atoms with Crippen LogP contribution >= 0.6 is 11.6 Å². The van der Waals surface area contributed by atoms with Gasteiger partial charge in [-0.25, -0.2) is 4.79 Å². The predicted molar refractivity (Wildman–Crippen MR) is 74.5 cm³/mol. The van der Waals surface area contributed by atoms with Gasteiger partial charge in [0.1, 0.15) is 0 Å². The second-order valence-corrected chi connectivity index (χ2v) is 4.91. The van der Waals surface area contributed by atoms with Gasteiger partial charge in [-0.1, -0.05) is 30.7 Å². The summed E-state index contributed by atoms with van der Waals surface area (Å²) < 4.78 is 0. The minimum atomic E-state index is -0.974. The molecule has 6 heteroatoms. The van der Waals surface area contributed by atoms with Crippen molar-refractivity contribution in [2.45, 2.75) is 20.3 Å². The van der Waals surface area contributed by atoms with Crippen LogP contribution in [0.25, 0.3) is 0 Å². The van der Waals surface area contributed by atoms with E-state index in [1.165, 1.54) is 0 Å². The molecule has 104 valence electrons. The lowest BCUT2D eigenvalue weighted by Crippen LogP contribution is -2.42. The molecule has 1 rings (SSSR count). The lowest BCUT2D eigenvalue weighted by atomic mass is 9.88. The molecule has 1 atom stereocenters. The summed E-state index contributed by atoms with van der Waals surface area (Å²) in [5.74, 6) is -0.937. The number of aliphatic carboxylic acids is 1. The number of hydrogen-bond donors (Lipinski definition) is 3. The molecule has 1 aromatic carbocycles. The highest BCUT2D eigenvalue weighted by Gasteiger charge is 2.31. The van der Waals surface area contributed by atoms with Crippen LogP contribution < -0.4 is 10.6 Å². The SMILES string of the molecule is CCC(C)(CNC(=O)Nc1ccccc1Cl)C(=O)O. The zero-order chi connectivity index (χ0) is 14.5. The van der Waals surface area contributed by atoms with E-state index in [4.69, 9.17) is 16.7 Å². The molecular formula is C13H17ClN2O3. The van der Waals surface area contributed by atoms with E-state index in [-0.39, 0.29) is 6.54 Å². The number of amides is 2. The highest BCUT2D eigenvalue weighted by molar-refractivity contribution is 6.33. The number of carbonyl (C=O) groups excluding carboxylic acids is 1. The second-order valence-electron chi connectivity index (χ2n) is 4.51. The molecule has 0 spiro atoms. The van der Waals surface area contributed by atoms with Crippen molar-refractivity contribution in [2.75, 3.05) is 11.9 Å². The van der Waals surface area contributed by atoms with Crippen molar-refractivity contribution >= 4 is 29.3 Å². The van der Waals surface area contributed by atoms with Crippen LogP contribution in [0.2, 0.25) is 5.02 Å². The molecule has 19 heavy (non-hydrogen) atoms. The average Bonchev–Trinajstić information content (AvgIpc) is 2.38. The van der Waals surface area contributed by atoms with Gasteiger partial charge in [-0.15, -0.1) is 0 Å². The van der Waals surface area contributed by atoms with Gasteiger partial charge in [0.25, 0.3) is 0 Å². The minimum Gasteiger partial charge on any atom is -0.481 e. The zero-order valence-corrected chi connectivity index (χ0v) is 11.6. The zero-order valence-electron chi connectivity index (χ0n) is 10.9. The minimum absolute atomic E-state index is 0.0507. The van der Waals surface area contributed by atoms with Crippen molar-refractivity contribution in [1.82, 2.24) is 5.32 Å². The van der Waals surface area contributed by atoms with Crippen molar-refractivity contribution in [2.24, 2.45) is 5.41 Å². The number of halogens is 1. The Labute approximate surface area is 117 Å². The summed E-state index contributed by atoms with van der Waals surface area (Å²) in [6.45, 7) is 3.40. The van der Waals surface area contributed by atoms with Crippen LogP contribution in [-0.4, -0.2) is 23.7 Å². The molecule has 1 aromatic rings. The lowest BCUT2D eigenvalue weighted by Gasteiger charge is -2.23. The van der Waals surface area contributed by atoms with E-state index in [9.17, 15) is 9.59 Å². The van der Waals surface area contributed by atoms with Crippen LogP contribution in [0.5, 0.6) is 0 Å². The van der Waals surface area contributed by atoms with E-state index in [0.29, 0.717) is 17.1 Å². The number of nitrogens with one attached hydrogen (secondary N) is 2. The van der Waals surface area contributed by atoms with Crippen LogP contribution in [-0.2, 0) is 4.79 Å². The van der Waals surface area contributed by atoms with Crippen LogP contribution in [0.1, 0.15) is 20.3 Å². The molecule has 0 bridgehead atoms. The predicted octanol–water partition coefficient (Wildman–Crippen LogP) is 2.96. The Hall–Kier alpha value is -1.75. The lowest BCUT2D eigenvalue weighted by molar-refractivity contribution is -0.147. The van der Waals surface area contributed by atoms with Crippen molar-refractivity contribution in [3.8, 4) is 0 Å². The van der Waals surface area contributed by atoms with Gasteiger partial charge >= 0.3 is 12.0 Å². The second kappa shape index (κ2) is 6.43. The molecule has 0 radical (unpaired) electrons. The largest absolute Gasteiger partial charge is 0.481 e. The number of anilines is 1. The first-order valence-electron chi connectivity index (χ1n) is 5.92. The summed E-state index contributed by atoms with van der Waals surface area (Å²) >= 11 is 5.90. The third-order valence-corrected chi connectivity index (χ3v) is 3.39. The normalized spacial score (nSPS) is 13.4. The van der Waals surface area contributed by atoms with E-state index >= 15 is 0 Å². The molecule has 0 aliphatic heterocycles. The number of carboxylic acid groups (broad SMARTS) is 1. The van der Waals surface area contributed by atoms with E-state index < -0.39 is 17.4 Å². The first-order valence-corrected chi connectivity index (χ1v) is 6.29. The monoisotopic (exact) mass is 284 g/mol. The Morgan fingerprint density at radius 2 is 2.00 bits per heavy atom. The molecule has 0 aliphatic carbocycles. The Bertz CT molecular complexity index is 479. The standard InChI is InChI=1S/C13H17ClN2O3/c1-3-13(2,11(17)18)8-15-12(19)16-10-7-5-4-6-9(10)14/h4-7H,3,8H2,1-2H3,(H,17,18)(H2,15,16,19). The maximum absolute atomic E-state index is 11.7. The number of rotatable bonds is 5. The van der Waals surface area contributed by atoms with E-state index in [0.717, 1.165) is 0 Å². The first-order chi connectivity index (χ1) is 8.89. The van der Waals surface area contributed by atoms with Gasteiger partial charge in [0.05, 0.1) is 16.1 Å². The molecule has 1 unspecified atom stereocenters. The van der Waals surface area contributed by atoms with Crippen molar-refractivity contribution in [3.05, 3.63) is 29.3 Å². The third-order valence-electron chi connectivity index (χ3n) is 3.06. The molecule has 0 aliphatic rings. The highest BCUT2D eigenvalue weighted by atomic mass is 35.5. The smallest absolute Gasteiger partial charge is 0.319 e. The fraction of sp³-hybridized carbons (Fsp3) is 0.385. The number of hydrogen-bond acceptors (Lipinski definition) is 2. The molecule has 5 nitrogen and oxygen atoms in total. The summed E-state index contributed by atoms with van der Waals surface area (Å²) in [6.07, 6.45) is 0.425.